The van der Waals surface area contributed by atoms with Crippen molar-refractivity contribution >= 4 is 24.6 Å². The minimum absolute atomic E-state index is 0.0435. The number of hydrogen-bond donors (Lipinski definition) is 3. The summed E-state index contributed by atoms with van der Waals surface area (Å²) in [6, 6.07) is 0. The summed E-state index contributed by atoms with van der Waals surface area (Å²) in [7, 11) is -1.32. The molecule has 24 heavy (non-hydrogen) atoms. The van der Waals surface area contributed by atoms with Gasteiger partial charge in [0.25, 0.3) is 0 Å². The lowest BCUT2D eigenvalue weighted by Crippen LogP contribution is -2.53. The average molecular weight is 339 g/mol. The van der Waals surface area contributed by atoms with Crippen molar-refractivity contribution in [3.05, 3.63) is 12.4 Å². The summed E-state index contributed by atoms with van der Waals surface area (Å²) < 4.78 is 10.6. The van der Waals surface area contributed by atoms with Gasteiger partial charge in [0.15, 0.2) is 0 Å². The van der Waals surface area contributed by atoms with E-state index in [9.17, 15) is 14.9 Å². The minimum atomic E-state index is -1.32. The number of carbonyl (C=O) groups is 1. The van der Waals surface area contributed by atoms with Crippen molar-refractivity contribution in [2.24, 2.45) is 0 Å². The second kappa shape index (κ2) is 7.04. The number of rotatable bonds is 5. The molecule has 0 saturated carbocycles. The molecule has 0 fully saturated rings. The predicted octanol–water partition coefficient (Wildman–Crippen LogP) is 1.08. The van der Waals surface area contributed by atoms with Crippen LogP contribution in [0, 0.1) is 0 Å². The zero-order valence-electron chi connectivity index (χ0n) is 15.2. The first-order chi connectivity index (χ1) is 10.7. The third kappa shape index (κ3) is 6.07. The van der Waals surface area contributed by atoms with Crippen LogP contribution in [-0.4, -0.2) is 50.1 Å². The van der Waals surface area contributed by atoms with E-state index in [0.29, 0.717) is 5.46 Å². The van der Waals surface area contributed by atoms with Gasteiger partial charge in [-0.25, -0.2) is 14.8 Å². The highest BCUT2D eigenvalue weighted by Crippen LogP contribution is 2.25. The van der Waals surface area contributed by atoms with Crippen molar-refractivity contribution in [3.63, 3.8) is 0 Å². The summed E-state index contributed by atoms with van der Waals surface area (Å²) in [6.07, 6.45) is 1.98. The Kier molecular flexibility index (Phi) is 5.97. The molecule has 0 unspecified atom stereocenters. The number of hydrogen-bond acceptors (Lipinski definition) is 7. The maximum Gasteiger partial charge on any atom is 0.494 e. The summed E-state index contributed by atoms with van der Waals surface area (Å²) in [5, 5.41) is 22.6. The molecule has 0 aromatic carbocycles. The molecule has 1 aromatic rings. The molecule has 1 amide bonds. The molecule has 1 aromatic heterocycles. The first-order valence-electron chi connectivity index (χ1n) is 7.61. The summed E-state index contributed by atoms with van der Waals surface area (Å²) >= 11 is 0. The van der Waals surface area contributed by atoms with Gasteiger partial charge in [-0.15, -0.1) is 0 Å². The van der Waals surface area contributed by atoms with Gasteiger partial charge in [0.1, 0.15) is 5.60 Å². The van der Waals surface area contributed by atoms with Crippen LogP contribution in [0.5, 0.6) is 0 Å². The topological polar surface area (TPSA) is 114 Å². The molecule has 134 valence electrons. The lowest BCUT2D eigenvalue weighted by atomic mass is 9.78. The molecule has 0 aliphatic carbocycles. The SMILES string of the molecule is CC(C)(C)OC(=O)Nc1ncc(B(O)OC(C)(C)C(C)(C)O)cn1. The van der Waals surface area contributed by atoms with Crippen molar-refractivity contribution in [2.45, 2.75) is 65.3 Å². The third-order valence-corrected chi connectivity index (χ3v) is 3.45. The molecule has 0 saturated heterocycles. The van der Waals surface area contributed by atoms with Gasteiger partial charge in [-0.05, 0) is 48.5 Å². The van der Waals surface area contributed by atoms with E-state index in [2.05, 4.69) is 15.3 Å². The fourth-order valence-electron chi connectivity index (χ4n) is 1.42. The zero-order chi connectivity index (χ0) is 18.8. The Hall–Kier alpha value is -1.71. The van der Waals surface area contributed by atoms with Crippen molar-refractivity contribution in [2.75, 3.05) is 5.32 Å². The van der Waals surface area contributed by atoms with Crippen molar-refractivity contribution < 1.29 is 24.3 Å². The van der Waals surface area contributed by atoms with Gasteiger partial charge in [0.05, 0.1) is 11.2 Å². The zero-order valence-corrected chi connectivity index (χ0v) is 15.2. The number of nitrogens with zero attached hydrogens (tertiary/aromatic N) is 2. The monoisotopic (exact) mass is 339 g/mol. The highest BCUT2D eigenvalue weighted by atomic mass is 16.6. The van der Waals surface area contributed by atoms with E-state index in [-0.39, 0.29) is 5.95 Å². The summed E-state index contributed by atoms with van der Waals surface area (Å²) in [4.78, 5) is 19.5. The third-order valence-electron chi connectivity index (χ3n) is 3.45. The van der Waals surface area contributed by atoms with Crippen LogP contribution < -0.4 is 10.8 Å². The number of nitrogens with one attached hydrogen (secondary N) is 1. The lowest BCUT2D eigenvalue weighted by molar-refractivity contribution is -0.0982. The Morgan fingerprint density at radius 2 is 1.62 bits per heavy atom. The first-order valence-corrected chi connectivity index (χ1v) is 7.61. The Morgan fingerprint density at radius 3 is 2.04 bits per heavy atom. The lowest BCUT2D eigenvalue weighted by Gasteiger charge is -2.38. The van der Waals surface area contributed by atoms with Crippen LogP contribution in [-0.2, 0) is 9.39 Å². The fraction of sp³-hybridized carbons (Fsp3) is 0.667. The molecular formula is C15H26BN3O5. The van der Waals surface area contributed by atoms with E-state index in [1.54, 1.807) is 48.5 Å². The standard InChI is InChI=1S/C15H26BN3O5/c1-13(2,3)23-12(20)19-11-17-8-10(9-18-11)16(22)24-15(6,7)14(4,5)21/h8-9,21-22H,1-7H3,(H,17,18,19,20). The maximum atomic E-state index is 11.6. The Balaban J connectivity index is 2.72. The quantitative estimate of drug-likeness (QED) is 0.688. The van der Waals surface area contributed by atoms with Crippen LogP contribution in [0.4, 0.5) is 10.7 Å². The molecule has 0 atom stereocenters. The van der Waals surface area contributed by atoms with Crippen molar-refractivity contribution in [1.29, 1.82) is 0 Å². The van der Waals surface area contributed by atoms with E-state index in [0.717, 1.165) is 0 Å². The van der Waals surface area contributed by atoms with Crippen LogP contribution in [0.1, 0.15) is 48.5 Å². The number of carbonyl (C=O) groups excluding carboxylic acids is 1. The van der Waals surface area contributed by atoms with Crippen LogP contribution in [0.2, 0.25) is 0 Å². The summed E-state index contributed by atoms with van der Waals surface area (Å²) in [5.41, 5.74) is -2.49. The first kappa shape index (κ1) is 20.3. The van der Waals surface area contributed by atoms with E-state index >= 15 is 0 Å². The van der Waals surface area contributed by atoms with Gasteiger partial charge < -0.3 is 19.5 Å². The van der Waals surface area contributed by atoms with Gasteiger partial charge in [-0.3, -0.25) is 5.32 Å². The van der Waals surface area contributed by atoms with E-state index < -0.39 is 30.0 Å². The maximum absolute atomic E-state index is 11.6. The van der Waals surface area contributed by atoms with E-state index in [1.165, 1.54) is 12.4 Å². The molecular weight excluding hydrogens is 313 g/mol. The van der Waals surface area contributed by atoms with Gasteiger partial charge in [-0.2, -0.15) is 0 Å². The van der Waals surface area contributed by atoms with Gasteiger partial charge in [0, 0.05) is 17.9 Å². The number of aliphatic hydroxyl groups is 1. The Bertz CT molecular complexity index is 564. The van der Waals surface area contributed by atoms with Gasteiger partial charge >= 0.3 is 13.2 Å². The molecule has 9 heteroatoms. The van der Waals surface area contributed by atoms with Crippen LogP contribution in [0.15, 0.2) is 12.4 Å². The number of amides is 1. The van der Waals surface area contributed by atoms with Crippen LogP contribution in [0.25, 0.3) is 0 Å². The van der Waals surface area contributed by atoms with Crippen molar-refractivity contribution in [3.8, 4) is 0 Å². The number of ether oxygens (including phenoxy) is 1. The molecule has 0 spiro atoms. The highest BCUT2D eigenvalue weighted by molar-refractivity contribution is 6.59. The molecule has 0 radical (unpaired) electrons. The molecule has 0 aliphatic heterocycles. The number of aromatic nitrogens is 2. The van der Waals surface area contributed by atoms with E-state index in [4.69, 9.17) is 9.39 Å². The van der Waals surface area contributed by atoms with Crippen LogP contribution in [0.3, 0.4) is 0 Å². The molecule has 3 N–H and O–H groups in total. The fourth-order valence-corrected chi connectivity index (χ4v) is 1.42. The molecule has 0 bridgehead atoms. The smallest absolute Gasteiger partial charge is 0.444 e. The summed E-state index contributed by atoms with van der Waals surface area (Å²) in [5.74, 6) is 0.0435. The van der Waals surface area contributed by atoms with Crippen molar-refractivity contribution in [1.82, 2.24) is 9.97 Å². The van der Waals surface area contributed by atoms with Gasteiger partial charge in [-0.1, -0.05) is 0 Å². The average Bonchev–Trinajstić information content (AvgIpc) is 2.35. The molecule has 1 rings (SSSR count). The Morgan fingerprint density at radius 1 is 1.12 bits per heavy atom. The minimum Gasteiger partial charge on any atom is -0.444 e. The highest BCUT2D eigenvalue weighted by Gasteiger charge is 2.39. The molecule has 0 aliphatic rings. The largest absolute Gasteiger partial charge is 0.494 e. The van der Waals surface area contributed by atoms with E-state index in [1.807, 2.05) is 0 Å². The second-order valence-electron chi connectivity index (χ2n) is 7.51. The van der Waals surface area contributed by atoms with Gasteiger partial charge in [0.2, 0.25) is 5.95 Å². The number of anilines is 1. The molecule has 1 heterocycles. The Labute approximate surface area is 142 Å². The second-order valence-corrected chi connectivity index (χ2v) is 7.51. The van der Waals surface area contributed by atoms with Crippen LogP contribution >= 0.6 is 0 Å². The predicted molar refractivity (Wildman–Crippen MR) is 91.0 cm³/mol. The summed E-state index contributed by atoms with van der Waals surface area (Å²) in [6.45, 7) is 11.7. The molecule has 8 nitrogen and oxygen atoms in total. The normalized spacial score (nSPS) is 12.7.